The minimum Gasteiger partial charge on any atom is -0.468 e. The number of hydrogen-bond acceptors (Lipinski definition) is 7. The van der Waals surface area contributed by atoms with Gasteiger partial charge in [-0.3, -0.25) is 9.59 Å². The molecule has 4 aliphatic rings. The smallest absolute Gasteiger partial charge is 0.315 e. The molecule has 6 rings (SSSR count). The Morgan fingerprint density at radius 1 is 1.00 bits per heavy atom. The molecule has 0 spiro atoms. The molecule has 9 nitrogen and oxygen atoms in total. The summed E-state index contributed by atoms with van der Waals surface area (Å²) < 4.78 is 10.9. The Labute approximate surface area is 290 Å². The van der Waals surface area contributed by atoms with Crippen molar-refractivity contribution >= 4 is 29.7 Å². The molecule has 0 radical (unpaired) electrons. The van der Waals surface area contributed by atoms with Crippen molar-refractivity contribution in [2.24, 2.45) is 29.6 Å². The van der Waals surface area contributed by atoms with Gasteiger partial charge in [-0.05, 0) is 104 Å². The Balaban J connectivity index is 1.56. The first-order valence-electron chi connectivity index (χ1n) is 18.1. The van der Waals surface area contributed by atoms with Crippen LogP contribution in [-0.4, -0.2) is 46.8 Å². The number of methoxy groups -OCH3 is 1. The fourth-order valence-corrected chi connectivity index (χ4v) is 8.63. The van der Waals surface area contributed by atoms with Gasteiger partial charge in [0.1, 0.15) is 5.92 Å². The van der Waals surface area contributed by atoms with Gasteiger partial charge in [0.25, 0.3) is 0 Å². The van der Waals surface area contributed by atoms with Gasteiger partial charge in [0.2, 0.25) is 0 Å². The van der Waals surface area contributed by atoms with E-state index in [9.17, 15) is 14.7 Å². The first kappa shape index (κ1) is 34.9. The number of fused-ring (bicyclic) bond motifs is 8. The number of carbonyl (C=O) groups is 2. The van der Waals surface area contributed by atoms with Crippen LogP contribution in [0.2, 0.25) is 0 Å². The van der Waals surface area contributed by atoms with Gasteiger partial charge >= 0.3 is 11.9 Å². The third-order valence-corrected chi connectivity index (χ3v) is 11.6. The van der Waals surface area contributed by atoms with Crippen LogP contribution in [0.1, 0.15) is 107 Å². The summed E-state index contributed by atoms with van der Waals surface area (Å²) in [5.74, 6) is -0.859. The second-order valence-corrected chi connectivity index (χ2v) is 14.8. The third kappa shape index (κ3) is 6.08. The van der Waals surface area contributed by atoms with Gasteiger partial charge in [-0.2, -0.15) is 0 Å². The van der Waals surface area contributed by atoms with Crippen molar-refractivity contribution in [1.82, 2.24) is 20.6 Å². The van der Waals surface area contributed by atoms with Crippen molar-refractivity contribution in [3.05, 3.63) is 73.1 Å². The Bertz CT molecular complexity index is 1870. The molecule has 1 aliphatic carbocycles. The van der Waals surface area contributed by atoms with Crippen LogP contribution in [0.4, 0.5) is 0 Å². The van der Waals surface area contributed by atoms with E-state index >= 15 is 0 Å². The highest BCUT2D eigenvalue weighted by Gasteiger charge is 2.49. The molecule has 1 fully saturated rings. The van der Waals surface area contributed by atoms with Gasteiger partial charge in [-0.1, -0.05) is 34.6 Å². The van der Waals surface area contributed by atoms with E-state index in [4.69, 9.17) is 9.47 Å². The predicted octanol–water partition coefficient (Wildman–Crippen LogP) is 5.07. The van der Waals surface area contributed by atoms with Crippen LogP contribution in [-0.2, 0) is 25.5 Å². The summed E-state index contributed by atoms with van der Waals surface area (Å²) in [7, 11) is 1.37. The van der Waals surface area contributed by atoms with Crippen LogP contribution in [0.3, 0.4) is 0 Å². The highest BCUT2D eigenvalue weighted by Crippen LogP contribution is 2.45. The minimum atomic E-state index is -1.06. The van der Waals surface area contributed by atoms with Crippen LogP contribution in [0.5, 0.6) is 0 Å². The number of carbonyl (C=O) groups excluding carboxylic acids is 2. The zero-order valence-corrected chi connectivity index (χ0v) is 30.6. The molecule has 6 atom stereocenters. The number of rotatable bonds is 9. The molecule has 264 valence electrons. The zero-order chi connectivity index (χ0) is 35.3. The standard InChI is InChI=1S/C40H54N4O5/c1-10-24-20(5)27-16-29-22(7)26(12-13-33(45)49-15-14-19(3)4)37(43-29)35-36(40(47)48-9)39(46)34-23(8)30(44-38(34)35)18-32-25(11-2)21(6)28(42-32)17-31(24)41-27/h16-19,22,24,26,36-37,39,41-44,46H,10-15H2,1-9H3/b29-16-,30-18-,31-17-/t22-,24-,26-,36+,37?,39+/m0/s1. The van der Waals surface area contributed by atoms with Crippen LogP contribution >= 0.6 is 0 Å². The van der Waals surface area contributed by atoms with Crippen LogP contribution in [0.15, 0.2) is 28.7 Å². The summed E-state index contributed by atoms with van der Waals surface area (Å²) in [6, 6.07) is -0.326. The topological polar surface area (TPSA) is 128 Å². The van der Waals surface area contributed by atoms with Gasteiger partial charge in [0.05, 0.1) is 25.9 Å². The summed E-state index contributed by atoms with van der Waals surface area (Å²) >= 11 is 0. The molecule has 5 N–H and O–H groups in total. The van der Waals surface area contributed by atoms with Crippen LogP contribution < -0.4 is 21.3 Å². The first-order valence-corrected chi connectivity index (χ1v) is 18.1. The van der Waals surface area contributed by atoms with Crippen molar-refractivity contribution in [2.45, 2.75) is 99.6 Å². The maximum Gasteiger partial charge on any atom is 0.315 e. The highest BCUT2D eigenvalue weighted by molar-refractivity contribution is 5.88. The SMILES string of the molecule is CCc1c2[nH]c(c1C)/C=C1\NC(=C(C)[C@@H]1CC)/C=C1\NC(C3=c4[nH]/c(c(C)c4[C@@H](O)[C@@H]3C(=O)OC)=C\2)[C@@H](CCC(=O)OCCC(C)C)[C@@H]1C. The van der Waals surface area contributed by atoms with Crippen molar-refractivity contribution < 1.29 is 24.2 Å². The molecule has 0 saturated carbocycles. The van der Waals surface area contributed by atoms with E-state index in [1.807, 2.05) is 6.92 Å². The number of aliphatic hydroxyl groups excluding tert-OH is 1. The summed E-state index contributed by atoms with van der Waals surface area (Å²) in [6.07, 6.45) is 9.05. The second kappa shape index (κ2) is 13.7. The van der Waals surface area contributed by atoms with Crippen molar-refractivity contribution in [1.29, 1.82) is 0 Å². The van der Waals surface area contributed by atoms with Crippen LogP contribution in [0.25, 0.3) is 17.7 Å². The molecule has 1 saturated heterocycles. The van der Waals surface area contributed by atoms with Gasteiger partial charge in [-0.25, -0.2) is 0 Å². The van der Waals surface area contributed by atoms with Crippen molar-refractivity contribution in [3.8, 4) is 0 Å². The number of esters is 2. The Morgan fingerprint density at radius 3 is 2.43 bits per heavy atom. The number of allylic oxidation sites excluding steroid dienone is 3. The Kier molecular flexibility index (Phi) is 9.77. The fraction of sp³-hybridized carbons (Fsp3) is 0.550. The molecule has 0 aromatic carbocycles. The normalized spacial score (nSPS) is 28.4. The molecule has 2 aromatic rings. The van der Waals surface area contributed by atoms with Crippen molar-refractivity contribution in [3.63, 3.8) is 0 Å². The Morgan fingerprint density at radius 2 is 1.76 bits per heavy atom. The average Bonchev–Trinajstić information content (AvgIpc) is 3.80. The quantitative estimate of drug-likeness (QED) is 0.236. The number of aromatic nitrogens is 2. The minimum absolute atomic E-state index is 0.0355. The summed E-state index contributed by atoms with van der Waals surface area (Å²) in [5, 5.41) is 21.1. The molecule has 2 aromatic heterocycles. The van der Waals surface area contributed by atoms with Gasteiger partial charge < -0.3 is 35.2 Å². The molecule has 3 aliphatic heterocycles. The summed E-state index contributed by atoms with van der Waals surface area (Å²) in [4.78, 5) is 33.8. The number of aromatic amines is 2. The van der Waals surface area contributed by atoms with E-state index in [0.717, 1.165) is 69.4 Å². The van der Waals surface area contributed by atoms with Gasteiger partial charge in [0.15, 0.2) is 0 Å². The van der Waals surface area contributed by atoms with Gasteiger partial charge in [-0.15, -0.1) is 0 Å². The molecule has 1 unspecified atom stereocenters. The zero-order valence-electron chi connectivity index (χ0n) is 30.6. The number of aliphatic hydroxyl groups is 1. The van der Waals surface area contributed by atoms with E-state index in [-0.39, 0.29) is 36.2 Å². The van der Waals surface area contributed by atoms with E-state index in [2.05, 4.69) is 87.3 Å². The monoisotopic (exact) mass is 670 g/mol. The maximum absolute atomic E-state index is 13.5. The van der Waals surface area contributed by atoms with E-state index in [1.54, 1.807) is 0 Å². The average molecular weight is 671 g/mol. The fourth-order valence-electron chi connectivity index (χ4n) is 8.63. The Hall–Kier alpha value is -3.98. The molecule has 5 heterocycles. The second-order valence-electron chi connectivity index (χ2n) is 14.8. The summed E-state index contributed by atoms with van der Waals surface area (Å²) in [6.45, 7) is 17.6. The molecule has 0 amide bonds. The molecule has 8 bridgehead atoms. The van der Waals surface area contributed by atoms with Crippen LogP contribution in [0, 0.1) is 43.4 Å². The lowest BCUT2D eigenvalue weighted by molar-refractivity contribution is -0.147. The number of nitrogens with one attached hydrogen (secondary N) is 4. The highest BCUT2D eigenvalue weighted by atomic mass is 16.5. The molecular formula is C40H54N4O5. The van der Waals surface area contributed by atoms with E-state index in [1.165, 1.54) is 29.5 Å². The lowest BCUT2D eigenvalue weighted by atomic mass is 9.80. The number of hydrogen-bond donors (Lipinski definition) is 5. The third-order valence-electron chi connectivity index (χ3n) is 11.6. The largest absolute Gasteiger partial charge is 0.468 e. The van der Waals surface area contributed by atoms with Gasteiger partial charge in [0, 0.05) is 63.0 Å². The number of ether oxygens (including phenoxy) is 2. The predicted molar refractivity (Wildman–Crippen MR) is 192 cm³/mol. The molecular weight excluding hydrogens is 616 g/mol. The van der Waals surface area contributed by atoms with E-state index < -0.39 is 18.0 Å². The summed E-state index contributed by atoms with van der Waals surface area (Å²) in [5.41, 5.74) is 11.6. The lowest BCUT2D eigenvalue weighted by Gasteiger charge is -2.27. The maximum atomic E-state index is 13.5. The van der Waals surface area contributed by atoms with Crippen molar-refractivity contribution in [2.75, 3.05) is 13.7 Å². The first-order chi connectivity index (χ1) is 23.4. The molecule has 9 heteroatoms. The molecule has 49 heavy (non-hydrogen) atoms. The van der Waals surface area contributed by atoms with E-state index in [0.29, 0.717) is 18.9 Å². The number of H-pyrrole nitrogens is 2. The lowest BCUT2D eigenvalue weighted by Crippen LogP contribution is -2.37.